The van der Waals surface area contributed by atoms with Crippen LogP contribution >= 0.6 is 0 Å². The third-order valence-corrected chi connectivity index (χ3v) is 9.05. The molecule has 36 heavy (non-hydrogen) atoms. The van der Waals surface area contributed by atoms with E-state index in [-0.39, 0.29) is 36.0 Å². The highest BCUT2D eigenvalue weighted by atomic mass is 16.7. The van der Waals surface area contributed by atoms with E-state index in [9.17, 15) is 35.4 Å². The third-order valence-electron chi connectivity index (χ3n) is 9.05. The van der Waals surface area contributed by atoms with Crippen LogP contribution < -0.4 is 0 Å². The first-order chi connectivity index (χ1) is 16.9. The van der Waals surface area contributed by atoms with E-state index in [0.717, 1.165) is 12.0 Å². The number of aliphatic hydroxyl groups excluding tert-OH is 6. The number of allylic oxidation sites excluding steroid dienone is 2. The van der Waals surface area contributed by atoms with Gasteiger partial charge in [-0.3, -0.25) is 0 Å². The van der Waals surface area contributed by atoms with Crippen LogP contribution in [0, 0.1) is 22.7 Å². The summed E-state index contributed by atoms with van der Waals surface area (Å²) in [4.78, 5) is 12.0. The number of hydrogen-bond donors (Lipinski definition) is 6. The van der Waals surface area contributed by atoms with Gasteiger partial charge in [0.2, 0.25) is 0 Å². The SMILES string of the molecule is C=C1CC(C)(COC2OC(CO)C(O)C(O)C2O)C2CC(O)CCC2(C)C1CC=C1C(=O)OCC1O. The predicted octanol–water partition coefficient (Wildman–Crippen LogP) is -0.213. The molecule has 2 saturated carbocycles. The van der Waals surface area contributed by atoms with Gasteiger partial charge in [0.25, 0.3) is 0 Å². The van der Waals surface area contributed by atoms with E-state index in [0.29, 0.717) is 25.7 Å². The molecule has 204 valence electrons. The Kier molecular flexibility index (Phi) is 8.00. The number of carbonyl (C=O) groups is 1. The van der Waals surface area contributed by atoms with Crippen molar-refractivity contribution in [3.8, 4) is 0 Å². The molecule has 4 rings (SSSR count). The number of esters is 1. The standard InChI is InChI=1S/C26H40O10/c1-13-9-25(2,12-35-24-22(32)21(31)20(30)18(10-27)36-24)19-8-14(28)6-7-26(19,3)16(13)5-4-15-17(29)11-34-23(15)33/h4,14,16-22,24,27-32H,1,5-12H2,2-3H3. The highest BCUT2D eigenvalue weighted by Crippen LogP contribution is 2.62. The molecular formula is C26H40O10. The second-order valence-corrected chi connectivity index (χ2v) is 11.5. The molecule has 0 radical (unpaired) electrons. The highest BCUT2D eigenvalue weighted by molar-refractivity contribution is 5.91. The first-order valence-electron chi connectivity index (χ1n) is 12.7. The fourth-order valence-corrected chi connectivity index (χ4v) is 7.03. The van der Waals surface area contributed by atoms with Gasteiger partial charge in [-0.15, -0.1) is 0 Å². The molecular weight excluding hydrogens is 472 g/mol. The van der Waals surface area contributed by atoms with E-state index in [1.54, 1.807) is 6.08 Å². The summed E-state index contributed by atoms with van der Waals surface area (Å²) in [7, 11) is 0. The first-order valence-corrected chi connectivity index (χ1v) is 12.7. The van der Waals surface area contributed by atoms with Crippen molar-refractivity contribution < 1.29 is 49.6 Å². The normalized spacial score (nSPS) is 48.7. The van der Waals surface area contributed by atoms with Crippen LogP contribution in [0.5, 0.6) is 0 Å². The first kappa shape index (κ1) is 27.7. The minimum atomic E-state index is -1.52. The number of rotatable bonds is 6. The predicted molar refractivity (Wildman–Crippen MR) is 126 cm³/mol. The minimum absolute atomic E-state index is 0.00740. The number of ether oxygens (including phenoxy) is 3. The number of hydrogen-bond acceptors (Lipinski definition) is 10. The molecule has 2 aliphatic heterocycles. The molecule has 0 spiro atoms. The van der Waals surface area contributed by atoms with Crippen molar-refractivity contribution in [2.75, 3.05) is 19.8 Å². The van der Waals surface area contributed by atoms with Gasteiger partial charge in [0.05, 0.1) is 24.9 Å². The highest BCUT2D eigenvalue weighted by Gasteiger charge is 2.57. The Hall–Kier alpha value is -1.37. The summed E-state index contributed by atoms with van der Waals surface area (Å²) >= 11 is 0. The van der Waals surface area contributed by atoms with E-state index in [1.165, 1.54) is 0 Å². The van der Waals surface area contributed by atoms with Gasteiger partial charge >= 0.3 is 5.97 Å². The summed E-state index contributed by atoms with van der Waals surface area (Å²) < 4.78 is 16.5. The lowest BCUT2D eigenvalue weighted by molar-refractivity contribution is -0.309. The van der Waals surface area contributed by atoms with E-state index in [4.69, 9.17) is 14.2 Å². The average Bonchev–Trinajstić information content (AvgIpc) is 3.15. The van der Waals surface area contributed by atoms with E-state index in [1.807, 2.05) is 0 Å². The molecule has 10 heteroatoms. The topological polar surface area (TPSA) is 166 Å². The molecule has 10 nitrogen and oxygen atoms in total. The van der Waals surface area contributed by atoms with Crippen molar-refractivity contribution in [2.24, 2.45) is 22.7 Å². The Morgan fingerprint density at radius 1 is 1.14 bits per heavy atom. The Labute approximate surface area is 211 Å². The van der Waals surface area contributed by atoms with Crippen LogP contribution in [-0.2, 0) is 19.0 Å². The lowest BCUT2D eigenvalue weighted by Crippen LogP contribution is -2.60. The minimum Gasteiger partial charge on any atom is -0.459 e. The van der Waals surface area contributed by atoms with E-state index >= 15 is 0 Å². The lowest BCUT2D eigenvalue weighted by Gasteiger charge is -2.60. The van der Waals surface area contributed by atoms with Crippen molar-refractivity contribution >= 4 is 5.97 Å². The summed E-state index contributed by atoms with van der Waals surface area (Å²) in [6.45, 7) is 8.17. The molecule has 4 aliphatic rings. The number of cyclic esters (lactones) is 1. The Morgan fingerprint density at radius 3 is 2.50 bits per heavy atom. The molecule has 0 aromatic rings. The summed E-state index contributed by atoms with van der Waals surface area (Å²) in [5.74, 6) is -0.473. The number of fused-ring (bicyclic) bond motifs is 1. The van der Waals surface area contributed by atoms with Crippen LogP contribution in [0.2, 0.25) is 0 Å². The Balaban J connectivity index is 1.54. The maximum Gasteiger partial charge on any atom is 0.336 e. The zero-order valence-electron chi connectivity index (χ0n) is 21.0. The molecule has 2 saturated heterocycles. The largest absolute Gasteiger partial charge is 0.459 e. The molecule has 0 aromatic heterocycles. The van der Waals surface area contributed by atoms with E-state index < -0.39 is 60.9 Å². The maximum absolute atomic E-state index is 12.0. The van der Waals surface area contributed by atoms with Gasteiger partial charge in [-0.05, 0) is 54.8 Å². The number of aliphatic hydroxyl groups is 6. The van der Waals surface area contributed by atoms with Crippen molar-refractivity contribution in [2.45, 2.75) is 88.9 Å². The van der Waals surface area contributed by atoms with Crippen LogP contribution in [-0.4, -0.2) is 99.3 Å². The van der Waals surface area contributed by atoms with Crippen LogP contribution in [0.3, 0.4) is 0 Å². The van der Waals surface area contributed by atoms with Gasteiger partial charge in [0, 0.05) is 0 Å². The van der Waals surface area contributed by atoms with Gasteiger partial charge in [0.15, 0.2) is 6.29 Å². The van der Waals surface area contributed by atoms with Crippen LogP contribution in [0.25, 0.3) is 0 Å². The monoisotopic (exact) mass is 512 g/mol. The van der Waals surface area contributed by atoms with Gasteiger partial charge in [0.1, 0.15) is 37.1 Å². The van der Waals surface area contributed by atoms with Crippen molar-refractivity contribution in [3.63, 3.8) is 0 Å². The molecule has 11 unspecified atom stereocenters. The second-order valence-electron chi connectivity index (χ2n) is 11.5. The second kappa shape index (κ2) is 10.4. The van der Waals surface area contributed by atoms with Gasteiger partial charge in [-0.25, -0.2) is 4.79 Å². The molecule has 0 bridgehead atoms. The Bertz CT molecular complexity index is 873. The molecule has 2 aliphatic carbocycles. The van der Waals surface area contributed by atoms with Crippen molar-refractivity contribution in [3.05, 3.63) is 23.8 Å². The Morgan fingerprint density at radius 2 is 1.86 bits per heavy atom. The van der Waals surface area contributed by atoms with Crippen molar-refractivity contribution in [1.82, 2.24) is 0 Å². The smallest absolute Gasteiger partial charge is 0.336 e. The molecule has 4 fully saturated rings. The average molecular weight is 513 g/mol. The van der Waals surface area contributed by atoms with Crippen LogP contribution in [0.15, 0.2) is 23.8 Å². The summed E-state index contributed by atoms with van der Waals surface area (Å²) in [6, 6.07) is 0. The van der Waals surface area contributed by atoms with Gasteiger partial charge < -0.3 is 44.8 Å². The maximum atomic E-state index is 12.0. The molecule has 0 aromatic carbocycles. The zero-order chi connectivity index (χ0) is 26.4. The summed E-state index contributed by atoms with van der Waals surface area (Å²) in [6.07, 6.45) is -3.37. The lowest BCUT2D eigenvalue weighted by atomic mass is 9.46. The summed E-state index contributed by atoms with van der Waals surface area (Å²) in [5.41, 5.74) is 0.495. The zero-order valence-corrected chi connectivity index (χ0v) is 21.0. The third kappa shape index (κ3) is 4.90. The summed E-state index contributed by atoms with van der Waals surface area (Å²) in [5, 5.41) is 60.7. The van der Waals surface area contributed by atoms with E-state index in [2.05, 4.69) is 20.4 Å². The quantitative estimate of drug-likeness (QED) is 0.159. The molecule has 11 atom stereocenters. The van der Waals surface area contributed by atoms with Crippen LogP contribution in [0.1, 0.15) is 46.0 Å². The fourth-order valence-electron chi connectivity index (χ4n) is 7.03. The van der Waals surface area contributed by atoms with Crippen LogP contribution in [0.4, 0.5) is 0 Å². The number of carbonyl (C=O) groups excluding carboxylic acids is 1. The fraction of sp³-hybridized carbons (Fsp3) is 0.808. The molecule has 6 N–H and O–H groups in total. The molecule has 2 heterocycles. The van der Waals surface area contributed by atoms with Gasteiger partial charge in [-0.1, -0.05) is 32.1 Å². The van der Waals surface area contributed by atoms with Gasteiger partial charge in [-0.2, -0.15) is 0 Å². The molecule has 0 amide bonds. The van der Waals surface area contributed by atoms with Crippen molar-refractivity contribution in [1.29, 1.82) is 0 Å².